The summed E-state index contributed by atoms with van der Waals surface area (Å²) in [6.45, 7) is 6.85. The molecule has 15 N–H and O–H groups in total. The molecule has 16 atom stereocenters. The predicted molar refractivity (Wildman–Crippen MR) is 409 cm³/mol. The van der Waals surface area contributed by atoms with Crippen LogP contribution in [0.25, 0.3) is 0 Å². The fraction of sp³-hybridized carbons (Fsp3) is 0.883. The van der Waals surface area contributed by atoms with E-state index in [1.807, 2.05) is 0 Å². The Kier molecular flexibility index (Phi) is 53.8. The third kappa shape index (κ3) is 43.1. The SMILES string of the molecule is CC(=O)NC1[C@H](OCCCCC(=O)NCCCNC(=O)CCOCC(COCCC(=O)CCCCCC(=O)CCCCO[C@@H]2OC(CO)[C@H](O)[C@H](O)C2C)(COCCC(=O)CCCCCC(=O)CCCCO[C@@H]2OC(CO)[C@H](O)[C@H](O)C2C)NC(=O)CCCC(=O)NCCCCCCOP(=O)(O)C(C)C)OC(CO)[C@H](O)[C@@H]1O. The minimum Gasteiger partial charge on any atom is -0.394 e. The van der Waals surface area contributed by atoms with Crippen molar-refractivity contribution in [3.63, 3.8) is 0 Å². The van der Waals surface area contributed by atoms with Crippen LogP contribution in [-0.4, -0.2) is 300 Å². The summed E-state index contributed by atoms with van der Waals surface area (Å²) in [6.07, 6.45) is -1.92. The number of aliphatic hydroxyl groups is 9. The number of hydrogen-bond acceptors (Lipinski definition) is 29. The van der Waals surface area contributed by atoms with Crippen molar-refractivity contribution in [3.8, 4) is 0 Å². The van der Waals surface area contributed by atoms with Crippen LogP contribution in [0.2, 0.25) is 0 Å². The van der Waals surface area contributed by atoms with Crippen LogP contribution in [0.3, 0.4) is 0 Å². The molecule has 36 heteroatoms. The Hall–Kier alpha value is -4.54. The summed E-state index contributed by atoms with van der Waals surface area (Å²) in [5.74, 6) is -2.97. The molecule has 113 heavy (non-hydrogen) atoms. The van der Waals surface area contributed by atoms with Gasteiger partial charge in [-0.05, 0) is 89.9 Å². The number of nitrogens with one attached hydrogen (secondary N) is 5. The average Bonchev–Trinajstić information content (AvgIpc) is 0.821. The number of amides is 5. The summed E-state index contributed by atoms with van der Waals surface area (Å²) in [5, 5.41) is 104. The Bertz CT molecular complexity index is 2670. The van der Waals surface area contributed by atoms with Crippen molar-refractivity contribution in [3.05, 3.63) is 0 Å². The molecule has 0 aliphatic carbocycles. The Labute approximate surface area is 665 Å². The van der Waals surface area contributed by atoms with Gasteiger partial charge in [0.1, 0.15) is 77.4 Å². The van der Waals surface area contributed by atoms with E-state index in [1.54, 1.807) is 27.7 Å². The number of unbranched alkanes of at least 4 members (excludes halogenated alkanes) is 10. The number of carbonyl (C=O) groups excluding carboxylic acids is 9. The number of rotatable bonds is 67. The number of ether oxygens (including phenoxy) is 9. The van der Waals surface area contributed by atoms with Crippen molar-refractivity contribution in [2.75, 3.05) is 106 Å². The molecule has 7 unspecified atom stereocenters. The standard InChI is InChI=1S/C77H138N5O30P/c1-52(2)113(101,102)109-42-18-7-6-17-36-78-64(92)31-22-32-66(94)82-77(49-103-43-33-58(89)26-12-8-10-24-56(87)28-14-19-39-106-74-53(3)68(95)70(97)60(46-83)110-74,50-104-44-34-59(90)27-13-9-11-25-57(88)29-15-20-40-107-75-54(4)69(96)71(98)61(47-84)111-75)51-105-45-35-65(93)80-38-23-37-79-63(91)30-16-21-41-108-76-67(81-55(5)86)73(100)72(99)62(48-85)112-76/h52-54,60-62,67-76,83-85,95-100H,6-51H2,1-5H3,(H,78,92)(H,79,91)(H,80,93)(H,81,86)(H,82,94)(H,101,102)/t53?,54?,60?,61?,62?,67?,68-,69-,70+,71+,72+,73-,74-,75-,76-,77?/m1/s1. The highest BCUT2D eigenvalue weighted by atomic mass is 31.2. The minimum absolute atomic E-state index is 0.0158. The first-order valence-corrected chi connectivity index (χ1v) is 42.5. The summed E-state index contributed by atoms with van der Waals surface area (Å²) in [6, 6.07) is -1.09. The smallest absolute Gasteiger partial charge is 0.330 e. The summed E-state index contributed by atoms with van der Waals surface area (Å²) in [7, 11) is -3.66. The van der Waals surface area contributed by atoms with Crippen LogP contribution in [0.4, 0.5) is 0 Å². The van der Waals surface area contributed by atoms with E-state index < -0.39 is 142 Å². The van der Waals surface area contributed by atoms with E-state index >= 15 is 0 Å². The van der Waals surface area contributed by atoms with Crippen LogP contribution >= 0.6 is 7.60 Å². The van der Waals surface area contributed by atoms with Crippen molar-refractivity contribution in [1.82, 2.24) is 26.6 Å². The maximum absolute atomic E-state index is 14.0. The van der Waals surface area contributed by atoms with Gasteiger partial charge in [-0.1, -0.05) is 53.4 Å². The van der Waals surface area contributed by atoms with Crippen LogP contribution in [0, 0.1) is 11.8 Å². The molecular formula is C77H138N5O30P. The molecule has 0 aromatic carbocycles. The molecule has 35 nitrogen and oxygen atoms in total. The molecule has 0 aromatic heterocycles. The molecule has 0 radical (unpaired) electrons. The third-order valence-corrected chi connectivity index (χ3v) is 21.8. The molecule has 5 amide bonds. The van der Waals surface area contributed by atoms with Crippen LogP contribution in [0.15, 0.2) is 0 Å². The van der Waals surface area contributed by atoms with E-state index in [1.165, 1.54) is 6.92 Å². The van der Waals surface area contributed by atoms with Crippen molar-refractivity contribution in [1.29, 1.82) is 0 Å². The Balaban J connectivity index is 1.57. The van der Waals surface area contributed by atoms with E-state index in [4.69, 9.17) is 47.2 Å². The lowest BCUT2D eigenvalue weighted by molar-refractivity contribution is -0.282. The molecule has 3 fully saturated rings. The van der Waals surface area contributed by atoms with Gasteiger partial charge in [0, 0.05) is 135 Å². The highest BCUT2D eigenvalue weighted by Gasteiger charge is 2.47. The molecule has 3 aliphatic rings. The fourth-order valence-corrected chi connectivity index (χ4v) is 13.4. The third-order valence-electron chi connectivity index (χ3n) is 20.0. The van der Waals surface area contributed by atoms with Gasteiger partial charge < -0.3 is 125 Å². The van der Waals surface area contributed by atoms with E-state index in [9.17, 15) is 98.6 Å². The second kappa shape index (κ2) is 59.2. The maximum Gasteiger partial charge on any atom is 0.330 e. The van der Waals surface area contributed by atoms with E-state index in [0.717, 1.165) is 12.8 Å². The number of ketones is 4. The zero-order valence-electron chi connectivity index (χ0n) is 67.3. The molecule has 3 saturated heterocycles. The first-order valence-electron chi connectivity index (χ1n) is 40.9. The normalized spacial score (nSPS) is 24.9. The van der Waals surface area contributed by atoms with Gasteiger partial charge in [-0.15, -0.1) is 0 Å². The maximum atomic E-state index is 14.0. The van der Waals surface area contributed by atoms with Crippen LogP contribution in [0.5, 0.6) is 0 Å². The first kappa shape index (κ1) is 103. The van der Waals surface area contributed by atoms with Crippen molar-refractivity contribution >= 4 is 60.3 Å². The van der Waals surface area contributed by atoms with Gasteiger partial charge in [-0.2, -0.15) is 0 Å². The Morgan fingerprint density at radius 1 is 0.389 bits per heavy atom. The molecule has 3 heterocycles. The zero-order valence-corrected chi connectivity index (χ0v) is 68.2. The minimum atomic E-state index is -3.66. The average molecular weight is 1640 g/mol. The Morgan fingerprint density at radius 2 is 0.726 bits per heavy atom. The topological polar surface area (TPSA) is 525 Å². The van der Waals surface area contributed by atoms with Gasteiger partial charge in [0.25, 0.3) is 0 Å². The molecule has 3 rings (SSSR count). The van der Waals surface area contributed by atoms with Crippen LogP contribution < -0.4 is 26.6 Å². The lowest BCUT2D eigenvalue weighted by Gasteiger charge is -2.42. The van der Waals surface area contributed by atoms with Gasteiger partial charge >= 0.3 is 7.60 Å². The molecule has 0 saturated carbocycles. The number of Topliss-reactive ketones (excluding diaryl/α,β-unsaturated/α-hetero) is 4. The summed E-state index contributed by atoms with van der Waals surface area (Å²) >= 11 is 0. The second-order valence-corrected chi connectivity index (χ2v) is 32.6. The van der Waals surface area contributed by atoms with Crippen molar-refractivity contribution in [2.45, 2.75) is 318 Å². The largest absolute Gasteiger partial charge is 0.394 e. The van der Waals surface area contributed by atoms with Gasteiger partial charge in [-0.3, -0.25) is 47.7 Å². The van der Waals surface area contributed by atoms with Gasteiger partial charge in [0.2, 0.25) is 29.5 Å². The van der Waals surface area contributed by atoms with Gasteiger partial charge in [-0.25, -0.2) is 0 Å². The van der Waals surface area contributed by atoms with Gasteiger partial charge in [0.05, 0.1) is 83.9 Å². The van der Waals surface area contributed by atoms with Crippen molar-refractivity contribution < 1.29 is 146 Å². The van der Waals surface area contributed by atoms with E-state index in [-0.39, 0.29) is 178 Å². The zero-order chi connectivity index (χ0) is 83.6. The fourth-order valence-electron chi connectivity index (χ4n) is 12.7. The number of aliphatic hydroxyl groups excluding tert-OH is 9. The molecule has 0 bridgehead atoms. The quantitative estimate of drug-likeness (QED) is 0.0306. The monoisotopic (exact) mass is 1640 g/mol. The Morgan fingerprint density at radius 3 is 1.16 bits per heavy atom. The molecule has 0 aromatic rings. The molecule has 656 valence electrons. The predicted octanol–water partition coefficient (Wildman–Crippen LogP) is 1.97. The summed E-state index contributed by atoms with van der Waals surface area (Å²) in [5.41, 5.74) is -1.95. The van der Waals surface area contributed by atoms with Crippen LogP contribution in [-0.2, 0) is 94.9 Å². The van der Waals surface area contributed by atoms with E-state index in [0.29, 0.717) is 129 Å². The van der Waals surface area contributed by atoms with Crippen LogP contribution in [0.1, 0.15) is 227 Å². The van der Waals surface area contributed by atoms with Crippen molar-refractivity contribution in [2.24, 2.45) is 11.8 Å². The lowest BCUT2D eigenvalue weighted by Crippen LogP contribution is -2.64. The second-order valence-electron chi connectivity index (χ2n) is 30.2. The number of carbonyl (C=O) groups is 9. The number of hydrogen-bond donors (Lipinski definition) is 15. The lowest BCUT2D eigenvalue weighted by atomic mass is 9.92. The first-order chi connectivity index (χ1) is 54.0. The summed E-state index contributed by atoms with van der Waals surface area (Å²) in [4.78, 5) is 126. The highest BCUT2D eigenvalue weighted by molar-refractivity contribution is 7.53. The van der Waals surface area contributed by atoms with Gasteiger partial charge in [0.15, 0.2) is 18.9 Å². The van der Waals surface area contributed by atoms with E-state index in [2.05, 4.69) is 26.6 Å². The highest BCUT2D eigenvalue weighted by Crippen LogP contribution is 2.47. The molecule has 0 spiro atoms. The molecular weight excluding hydrogens is 1510 g/mol. The molecule has 3 aliphatic heterocycles. The summed E-state index contributed by atoms with van der Waals surface area (Å²) < 4.78 is 69.6.